The lowest BCUT2D eigenvalue weighted by Gasteiger charge is -2.07. The van der Waals surface area contributed by atoms with Gasteiger partial charge in [0.15, 0.2) is 5.69 Å². The van der Waals surface area contributed by atoms with Gasteiger partial charge in [-0.15, -0.1) is 0 Å². The van der Waals surface area contributed by atoms with Gasteiger partial charge in [0, 0.05) is 18.7 Å². The molecule has 0 bridgehead atoms. The largest absolute Gasteiger partial charge is 0.318 e. The Hall–Kier alpha value is -4.20. The van der Waals surface area contributed by atoms with Gasteiger partial charge in [-0.2, -0.15) is 10.2 Å². The van der Waals surface area contributed by atoms with Crippen LogP contribution < -0.4 is 10.6 Å². The Morgan fingerprint density at radius 3 is 2.47 bits per heavy atom. The number of amides is 2. The number of anilines is 2. The summed E-state index contributed by atoms with van der Waals surface area (Å²) < 4.78 is 3.30. The normalized spacial score (nSPS) is 10.7. The molecule has 2 heterocycles. The Labute approximate surface area is 185 Å². The standard InChI is InChI=1S/C24H24N6O2/c1-3-23(31)27-22-13-21(28-30(22)20-7-5-4-6-8-20)24(32)26-19-14-25-29(16-19)15-18-11-9-17(2)10-12-18/h4-14,16H,3,15H2,1-2H3,(H,26,32)(H,27,31). The van der Waals surface area contributed by atoms with Crippen LogP contribution in [0.15, 0.2) is 73.1 Å². The summed E-state index contributed by atoms with van der Waals surface area (Å²) in [7, 11) is 0. The fraction of sp³-hybridized carbons (Fsp3) is 0.167. The van der Waals surface area contributed by atoms with Crippen molar-refractivity contribution in [2.75, 3.05) is 10.6 Å². The first-order chi connectivity index (χ1) is 15.5. The first kappa shape index (κ1) is 21.0. The zero-order valence-electron chi connectivity index (χ0n) is 17.9. The quantitative estimate of drug-likeness (QED) is 0.465. The minimum absolute atomic E-state index is 0.161. The van der Waals surface area contributed by atoms with Crippen molar-refractivity contribution in [3.8, 4) is 5.69 Å². The summed E-state index contributed by atoms with van der Waals surface area (Å²) in [5, 5.41) is 14.4. The number of hydrogen-bond donors (Lipinski definition) is 2. The number of aryl methyl sites for hydroxylation is 1. The second-order valence-corrected chi connectivity index (χ2v) is 7.43. The zero-order chi connectivity index (χ0) is 22.5. The highest BCUT2D eigenvalue weighted by Crippen LogP contribution is 2.19. The number of nitrogens with zero attached hydrogens (tertiary/aromatic N) is 4. The van der Waals surface area contributed by atoms with Gasteiger partial charge >= 0.3 is 0 Å². The number of hydrogen-bond acceptors (Lipinski definition) is 4. The summed E-state index contributed by atoms with van der Waals surface area (Å²) in [6, 6.07) is 19.1. The second-order valence-electron chi connectivity index (χ2n) is 7.43. The molecule has 0 aliphatic rings. The minimum atomic E-state index is -0.387. The van der Waals surface area contributed by atoms with Crippen molar-refractivity contribution in [3.05, 3.63) is 89.9 Å². The van der Waals surface area contributed by atoms with E-state index in [4.69, 9.17) is 0 Å². The van der Waals surface area contributed by atoms with Crippen molar-refractivity contribution in [3.63, 3.8) is 0 Å². The molecule has 0 radical (unpaired) electrons. The van der Waals surface area contributed by atoms with Gasteiger partial charge in [-0.3, -0.25) is 14.3 Å². The molecule has 2 amide bonds. The maximum atomic E-state index is 12.8. The average Bonchev–Trinajstić information content (AvgIpc) is 3.43. The minimum Gasteiger partial charge on any atom is -0.318 e. The molecule has 162 valence electrons. The molecule has 8 heteroatoms. The molecule has 0 saturated carbocycles. The molecule has 2 aromatic heterocycles. The van der Waals surface area contributed by atoms with Gasteiger partial charge in [-0.25, -0.2) is 4.68 Å². The number of carbonyl (C=O) groups is 2. The van der Waals surface area contributed by atoms with E-state index in [9.17, 15) is 9.59 Å². The van der Waals surface area contributed by atoms with Crippen molar-refractivity contribution >= 4 is 23.3 Å². The van der Waals surface area contributed by atoms with Gasteiger partial charge in [-0.05, 0) is 24.6 Å². The fourth-order valence-corrected chi connectivity index (χ4v) is 3.17. The molecule has 0 aliphatic carbocycles. The topological polar surface area (TPSA) is 93.8 Å². The SMILES string of the molecule is CCC(=O)Nc1cc(C(=O)Nc2cnn(Cc3ccc(C)cc3)c2)nn1-c1ccccc1. The number of aromatic nitrogens is 4. The highest BCUT2D eigenvalue weighted by atomic mass is 16.2. The second kappa shape index (κ2) is 9.30. The van der Waals surface area contributed by atoms with Crippen molar-refractivity contribution in [1.29, 1.82) is 0 Å². The predicted molar refractivity (Wildman–Crippen MR) is 123 cm³/mol. The van der Waals surface area contributed by atoms with Gasteiger partial charge < -0.3 is 10.6 Å². The molecule has 4 aromatic rings. The number of benzene rings is 2. The molecule has 2 aromatic carbocycles. The highest BCUT2D eigenvalue weighted by Gasteiger charge is 2.17. The third-order valence-corrected chi connectivity index (χ3v) is 4.89. The van der Waals surface area contributed by atoms with E-state index in [1.807, 2.05) is 37.3 Å². The highest BCUT2D eigenvalue weighted by molar-refractivity contribution is 6.03. The van der Waals surface area contributed by atoms with Crippen molar-refractivity contribution < 1.29 is 9.59 Å². The van der Waals surface area contributed by atoms with Crippen LogP contribution in [0.1, 0.15) is 35.0 Å². The zero-order valence-corrected chi connectivity index (χ0v) is 17.9. The lowest BCUT2D eigenvalue weighted by molar-refractivity contribution is -0.115. The fourth-order valence-electron chi connectivity index (χ4n) is 3.17. The number of carbonyl (C=O) groups excluding carboxylic acids is 2. The summed E-state index contributed by atoms with van der Waals surface area (Å²) in [5.41, 5.74) is 3.81. The van der Waals surface area contributed by atoms with Crippen LogP contribution in [0.25, 0.3) is 5.69 Å². The van der Waals surface area contributed by atoms with Crippen LogP contribution in [-0.2, 0) is 11.3 Å². The maximum Gasteiger partial charge on any atom is 0.276 e. The van der Waals surface area contributed by atoms with Crippen LogP contribution in [0.2, 0.25) is 0 Å². The Balaban J connectivity index is 1.51. The van der Waals surface area contributed by atoms with Crippen LogP contribution in [-0.4, -0.2) is 31.4 Å². The molecule has 0 aliphatic heterocycles. The molecule has 0 unspecified atom stereocenters. The molecule has 0 spiro atoms. The van der Waals surface area contributed by atoms with Gasteiger partial charge in [-0.1, -0.05) is 55.0 Å². The van der Waals surface area contributed by atoms with E-state index in [2.05, 4.69) is 45.1 Å². The van der Waals surface area contributed by atoms with Crippen LogP contribution in [0.3, 0.4) is 0 Å². The van der Waals surface area contributed by atoms with Gasteiger partial charge in [0.05, 0.1) is 24.1 Å². The first-order valence-corrected chi connectivity index (χ1v) is 10.4. The Kier molecular flexibility index (Phi) is 6.12. The Morgan fingerprint density at radius 1 is 1.00 bits per heavy atom. The van der Waals surface area contributed by atoms with E-state index in [1.54, 1.807) is 34.7 Å². The van der Waals surface area contributed by atoms with Crippen molar-refractivity contribution in [2.24, 2.45) is 0 Å². The smallest absolute Gasteiger partial charge is 0.276 e. The monoisotopic (exact) mass is 428 g/mol. The number of rotatable bonds is 7. The molecule has 0 fully saturated rings. The van der Waals surface area contributed by atoms with Crippen molar-refractivity contribution in [2.45, 2.75) is 26.8 Å². The van der Waals surface area contributed by atoms with Crippen LogP contribution in [0.4, 0.5) is 11.5 Å². The van der Waals surface area contributed by atoms with E-state index in [-0.39, 0.29) is 17.5 Å². The number of nitrogens with one attached hydrogen (secondary N) is 2. The third-order valence-electron chi connectivity index (χ3n) is 4.89. The summed E-state index contributed by atoms with van der Waals surface area (Å²) in [5.74, 6) is -0.115. The molecule has 8 nitrogen and oxygen atoms in total. The lowest BCUT2D eigenvalue weighted by Crippen LogP contribution is -2.13. The molecule has 0 saturated heterocycles. The summed E-state index contributed by atoms with van der Waals surface area (Å²) in [4.78, 5) is 24.8. The molecular formula is C24H24N6O2. The van der Waals surface area contributed by atoms with Gasteiger partial charge in [0.2, 0.25) is 5.91 Å². The molecule has 2 N–H and O–H groups in total. The maximum absolute atomic E-state index is 12.8. The Morgan fingerprint density at radius 2 is 1.75 bits per heavy atom. The average molecular weight is 428 g/mol. The molecule has 0 atom stereocenters. The van der Waals surface area contributed by atoms with Crippen LogP contribution in [0.5, 0.6) is 0 Å². The van der Waals surface area contributed by atoms with E-state index in [1.165, 1.54) is 5.56 Å². The van der Waals surface area contributed by atoms with Crippen LogP contribution >= 0.6 is 0 Å². The van der Waals surface area contributed by atoms with E-state index >= 15 is 0 Å². The molecular weight excluding hydrogens is 404 g/mol. The van der Waals surface area contributed by atoms with Gasteiger partial charge in [0.1, 0.15) is 5.82 Å². The first-order valence-electron chi connectivity index (χ1n) is 10.4. The van der Waals surface area contributed by atoms with E-state index in [0.717, 1.165) is 11.3 Å². The summed E-state index contributed by atoms with van der Waals surface area (Å²) >= 11 is 0. The summed E-state index contributed by atoms with van der Waals surface area (Å²) in [6.07, 6.45) is 3.69. The van der Waals surface area contributed by atoms with Gasteiger partial charge in [0.25, 0.3) is 5.91 Å². The third kappa shape index (κ3) is 4.92. The summed E-state index contributed by atoms with van der Waals surface area (Å²) in [6.45, 7) is 4.41. The Bertz CT molecular complexity index is 1230. The van der Waals surface area contributed by atoms with E-state index < -0.39 is 0 Å². The molecule has 4 rings (SSSR count). The number of para-hydroxylation sites is 1. The molecule has 32 heavy (non-hydrogen) atoms. The van der Waals surface area contributed by atoms with Crippen LogP contribution in [0, 0.1) is 6.92 Å². The lowest BCUT2D eigenvalue weighted by atomic mass is 10.1. The van der Waals surface area contributed by atoms with E-state index in [0.29, 0.717) is 24.5 Å². The van der Waals surface area contributed by atoms with Crippen molar-refractivity contribution in [1.82, 2.24) is 19.6 Å². The predicted octanol–water partition coefficient (Wildman–Crippen LogP) is 4.03.